The number of anilines is 2. The Morgan fingerprint density at radius 2 is 1.76 bits per heavy atom. The lowest BCUT2D eigenvalue weighted by molar-refractivity contribution is -0.114. The van der Waals surface area contributed by atoms with Crippen LogP contribution in [0.5, 0.6) is 0 Å². The van der Waals surface area contributed by atoms with E-state index in [4.69, 9.17) is 0 Å². The number of benzene rings is 2. The van der Waals surface area contributed by atoms with Crippen LogP contribution in [0, 0.1) is 11.3 Å². The van der Waals surface area contributed by atoms with E-state index < -0.39 is 5.92 Å². The van der Waals surface area contributed by atoms with Crippen molar-refractivity contribution in [2.24, 2.45) is 0 Å². The summed E-state index contributed by atoms with van der Waals surface area (Å²) in [6, 6.07) is 21.3. The topological polar surface area (TPSA) is 94.0 Å². The Hall–Kier alpha value is -3.80. The molecule has 0 saturated carbocycles. The Labute approximate surface area is 225 Å². The first kappa shape index (κ1) is 26.3. The Balaban J connectivity index is 1.53. The molecule has 0 aliphatic carbocycles. The fraction of sp³-hybridized carbons (Fsp3) is 0.207. The number of nitrogens with one attached hydrogen (secondary N) is 3. The molecule has 2 amide bonds. The molecular formula is C29H28N4O2S2. The van der Waals surface area contributed by atoms with Gasteiger partial charge in [0.25, 0.3) is 5.91 Å². The smallest absolute Gasteiger partial charge is 0.254 e. The fourth-order valence-corrected chi connectivity index (χ4v) is 5.68. The molecular weight excluding hydrogens is 500 g/mol. The molecule has 1 aromatic heterocycles. The molecule has 188 valence electrons. The number of carbonyl (C=O) groups excluding carboxylic acids is 2. The molecule has 8 heteroatoms. The third-order valence-corrected chi connectivity index (χ3v) is 7.73. The van der Waals surface area contributed by atoms with Gasteiger partial charge in [-0.05, 0) is 65.1 Å². The minimum absolute atomic E-state index is 0.120. The summed E-state index contributed by atoms with van der Waals surface area (Å²) >= 11 is 2.77. The van der Waals surface area contributed by atoms with Gasteiger partial charge < -0.3 is 16.0 Å². The zero-order valence-electron chi connectivity index (χ0n) is 20.9. The number of para-hydroxylation sites is 1. The number of hydrogen-bond donors (Lipinski definition) is 3. The van der Waals surface area contributed by atoms with Gasteiger partial charge in [-0.3, -0.25) is 9.59 Å². The summed E-state index contributed by atoms with van der Waals surface area (Å²) in [5.74, 6) is -0.437. The van der Waals surface area contributed by atoms with Crippen LogP contribution in [0.1, 0.15) is 43.7 Å². The highest BCUT2D eigenvalue weighted by molar-refractivity contribution is 8.03. The molecule has 0 saturated heterocycles. The predicted molar refractivity (Wildman–Crippen MR) is 152 cm³/mol. The molecule has 3 N–H and O–H groups in total. The van der Waals surface area contributed by atoms with E-state index in [1.807, 2.05) is 78.3 Å². The standard InChI is InChI=1S/C29H28N4O2S2/c1-18(2)20-9-11-23(12-10-20)32-25(34)17-37-29-24(15-30)27(21-13-14-36-16-21)26(19(3)31-29)28(35)33-22-7-5-4-6-8-22/h4-14,16,18,27,31H,17H2,1-3H3,(H,32,34)(H,33,35). The summed E-state index contributed by atoms with van der Waals surface area (Å²) in [5, 5.41) is 23.7. The number of carbonyl (C=O) groups is 2. The molecule has 0 fully saturated rings. The van der Waals surface area contributed by atoms with Gasteiger partial charge in [-0.25, -0.2) is 0 Å². The summed E-state index contributed by atoms with van der Waals surface area (Å²) < 4.78 is 0. The van der Waals surface area contributed by atoms with E-state index in [0.29, 0.717) is 33.5 Å². The van der Waals surface area contributed by atoms with Gasteiger partial charge >= 0.3 is 0 Å². The summed E-state index contributed by atoms with van der Waals surface area (Å²) in [6.07, 6.45) is 0. The quantitative estimate of drug-likeness (QED) is 0.307. The van der Waals surface area contributed by atoms with Gasteiger partial charge in [0.15, 0.2) is 0 Å². The van der Waals surface area contributed by atoms with Gasteiger partial charge in [0.05, 0.1) is 28.3 Å². The number of thiophene rings is 1. The van der Waals surface area contributed by atoms with E-state index in [1.54, 1.807) is 0 Å². The maximum absolute atomic E-state index is 13.4. The van der Waals surface area contributed by atoms with Crippen LogP contribution in [0.15, 0.2) is 93.3 Å². The number of nitrogens with zero attached hydrogens (tertiary/aromatic N) is 1. The fourth-order valence-electron chi connectivity index (χ4n) is 4.11. The van der Waals surface area contributed by atoms with Crippen LogP contribution in [0.4, 0.5) is 11.4 Å². The second kappa shape index (κ2) is 12.0. The highest BCUT2D eigenvalue weighted by Gasteiger charge is 2.35. The van der Waals surface area contributed by atoms with Crippen molar-refractivity contribution < 1.29 is 9.59 Å². The normalized spacial score (nSPS) is 15.3. The SMILES string of the molecule is CC1=C(C(=O)Nc2ccccc2)C(c2ccsc2)C(C#N)=C(SCC(=O)Nc2ccc(C(C)C)cc2)N1. The van der Waals surface area contributed by atoms with Gasteiger partial charge in [0.1, 0.15) is 0 Å². The van der Waals surface area contributed by atoms with Crippen molar-refractivity contribution in [3.05, 3.63) is 104 Å². The number of hydrogen-bond acceptors (Lipinski definition) is 6. The van der Waals surface area contributed by atoms with Crippen LogP contribution in [0.2, 0.25) is 0 Å². The Kier molecular flexibility index (Phi) is 8.49. The van der Waals surface area contributed by atoms with Crippen LogP contribution >= 0.6 is 23.1 Å². The molecule has 1 atom stereocenters. The van der Waals surface area contributed by atoms with Gasteiger partial charge in [0.2, 0.25) is 5.91 Å². The van der Waals surface area contributed by atoms with Gasteiger partial charge in [-0.15, -0.1) is 0 Å². The van der Waals surface area contributed by atoms with E-state index in [1.165, 1.54) is 28.7 Å². The number of thioether (sulfide) groups is 1. The zero-order chi connectivity index (χ0) is 26.4. The van der Waals surface area contributed by atoms with Gasteiger partial charge in [0, 0.05) is 22.6 Å². The predicted octanol–water partition coefficient (Wildman–Crippen LogP) is 6.58. The number of allylic oxidation sites excluding steroid dienone is 2. The minimum atomic E-state index is -0.532. The van der Waals surface area contributed by atoms with Crippen molar-refractivity contribution in [2.45, 2.75) is 32.6 Å². The molecule has 1 unspecified atom stereocenters. The summed E-state index contributed by atoms with van der Waals surface area (Å²) in [6.45, 7) is 6.07. The molecule has 2 aromatic carbocycles. The first-order chi connectivity index (χ1) is 17.9. The van der Waals surface area contributed by atoms with Crippen molar-refractivity contribution in [1.82, 2.24) is 5.32 Å². The highest BCUT2D eigenvalue weighted by Crippen LogP contribution is 2.41. The second-order valence-corrected chi connectivity index (χ2v) is 10.7. The third-order valence-electron chi connectivity index (χ3n) is 6.01. The lowest BCUT2D eigenvalue weighted by Crippen LogP contribution is -2.31. The number of amides is 2. The average Bonchev–Trinajstić information content (AvgIpc) is 3.42. The third kappa shape index (κ3) is 6.31. The molecule has 6 nitrogen and oxygen atoms in total. The monoisotopic (exact) mass is 528 g/mol. The lowest BCUT2D eigenvalue weighted by Gasteiger charge is -2.29. The first-order valence-corrected chi connectivity index (χ1v) is 13.8. The van der Waals surface area contributed by atoms with Crippen molar-refractivity contribution >= 4 is 46.3 Å². The Morgan fingerprint density at radius 1 is 1.05 bits per heavy atom. The van der Waals surface area contributed by atoms with E-state index in [9.17, 15) is 14.9 Å². The summed E-state index contributed by atoms with van der Waals surface area (Å²) in [5.41, 5.74) is 5.03. The molecule has 1 aliphatic rings. The van der Waals surface area contributed by atoms with Crippen molar-refractivity contribution in [3.8, 4) is 6.07 Å². The lowest BCUT2D eigenvalue weighted by atomic mass is 9.83. The maximum atomic E-state index is 13.4. The summed E-state index contributed by atoms with van der Waals surface area (Å²) in [7, 11) is 0. The van der Waals surface area contributed by atoms with Crippen LogP contribution in [-0.4, -0.2) is 17.6 Å². The average molecular weight is 529 g/mol. The highest BCUT2D eigenvalue weighted by atomic mass is 32.2. The Bertz CT molecular complexity index is 1370. The molecule has 0 bridgehead atoms. The van der Waals surface area contributed by atoms with E-state index >= 15 is 0 Å². The maximum Gasteiger partial charge on any atom is 0.254 e. The molecule has 1 aliphatic heterocycles. The minimum Gasteiger partial charge on any atom is -0.353 e. The zero-order valence-corrected chi connectivity index (χ0v) is 22.5. The van der Waals surface area contributed by atoms with Crippen LogP contribution < -0.4 is 16.0 Å². The second-order valence-electron chi connectivity index (χ2n) is 8.94. The molecule has 2 heterocycles. The van der Waals surface area contributed by atoms with Crippen molar-refractivity contribution in [2.75, 3.05) is 16.4 Å². The number of nitriles is 1. The first-order valence-electron chi connectivity index (χ1n) is 11.9. The Morgan fingerprint density at radius 3 is 2.38 bits per heavy atom. The number of dihydropyridines is 1. The molecule has 3 aromatic rings. The summed E-state index contributed by atoms with van der Waals surface area (Å²) in [4.78, 5) is 26.1. The molecule has 0 spiro atoms. The van der Waals surface area contributed by atoms with Crippen LogP contribution in [-0.2, 0) is 9.59 Å². The molecule has 4 rings (SSSR count). The molecule has 0 radical (unpaired) electrons. The van der Waals surface area contributed by atoms with Crippen LogP contribution in [0.25, 0.3) is 0 Å². The van der Waals surface area contributed by atoms with Gasteiger partial charge in [-0.2, -0.15) is 16.6 Å². The number of rotatable bonds is 8. The molecule has 37 heavy (non-hydrogen) atoms. The van der Waals surface area contributed by atoms with E-state index in [-0.39, 0.29) is 17.6 Å². The largest absolute Gasteiger partial charge is 0.353 e. The van der Waals surface area contributed by atoms with Crippen molar-refractivity contribution in [1.29, 1.82) is 5.26 Å². The van der Waals surface area contributed by atoms with Gasteiger partial charge in [-0.1, -0.05) is 55.9 Å². The van der Waals surface area contributed by atoms with Crippen LogP contribution in [0.3, 0.4) is 0 Å². The van der Waals surface area contributed by atoms with Crippen molar-refractivity contribution in [3.63, 3.8) is 0 Å². The van der Waals surface area contributed by atoms with E-state index in [2.05, 4.69) is 35.9 Å². The van der Waals surface area contributed by atoms with E-state index in [0.717, 1.165) is 11.3 Å².